The number of carbonyl (C=O) groups excluding carboxylic acids is 1. The van der Waals surface area contributed by atoms with Gasteiger partial charge in [0.2, 0.25) is 0 Å². The van der Waals surface area contributed by atoms with Gasteiger partial charge in [-0.1, -0.05) is 17.7 Å². The zero-order valence-corrected chi connectivity index (χ0v) is 16.4. The van der Waals surface area contributed by atoms with E-state index in [0.29, 0.717) is 22.1 Å². The van der Waals surface area contributed by atoms with Crippen LogP contribution in [-0.4, -0.2) is 12.5 Å². The van der Waals surface area contributed by atoms with Gasteiger partial charge < -0.3 is 19.2 Å². The molecule has 1 heterocycles. The van der Waals surface area contributed by atoms with E-state index in [0.717, 1.165) is 5.56 Å². The maximum absolute atomic E-state index is 12.6. The van der Waals surface area contributed by atoms with Crippen LogP contribution in [0.25, 0.3) is 0 Å². The van der Waals surface area contributed by atoms with Gasteiger partial charge in [-0.05, 0) is 67.4 Å². The normalized spacial score (nSPS) is 10.8. The van der Waals surface area contributed by atoms with Crippen molar-refractivity contribution in [2.24, 2.45) is 0 Å². The number of hydrogen-bond donors (Lipinski definition) is 1. The van der Waals surface area contributed by atoms with E-state index in [9.17, 15) is 13.6 Å². The molecule has 2 aromatic carbocycles. The molecule has 1 aromatic heterocycles. The Hall–Kier alpha value is -3.06. The lowest BCUT2D eigenvalue weighted by Crippen LogP contribution is -2.13. The summed E-state index contributed by atoms with van der Waals surface area (Å²) in [6, 6.07) is 12.9. The molecule has 29 heavy (non-hydrogen) atoms. The molecule has 152 valence electrons. The number of alkyl halides is 2. The summed E-state index contributed by atoms with van der Waals surface area (Å²) < 4.78 is 40.8. The van der Waals surface area contributed by atoms with Crippen molar-refractivity contribution in [2.75, 3.05) is 5.32 Å². The molecule has 0 aliphatic rings. The van der Waals surface area contributed by atoms with E-state index in [1.165, 1.54) is 18.2 Å². The largest absolute Gasteiger partial charge is 0.485 e. The third-order valence-electron chi connectivity index (χ3n) is 3.99. The number of nitrogens with one attached hydrogen (secondary N) is 1. The number of ether oxygens (including phenoxy) is 2. The summed E-state index contributed by atoms with van der Waals surface area (Å²) in [5, 5.41) is 3.12. The van der Waals surface area contributed by atoms with Crippen molar-refractivity contribution in [1.82, 2.24) is 0 Å². The molecule has 0 radical (unpaired) electrons. The number of hydrogen-bond acceptors (Lipinski definition) is 4. The smallest absolute Gasteiger partial charge is 0.387 e. The number of halogens is 3. The quantitative estimate of drug-likeness (QED) is 0.509. The Balaban J connectivity index is 1.66. The summed E-state index contributed by atoms with van der Waals surface area (Å²) in [5.41, 5.74) is 1.70. The topological polar surface area (TPSA) is 60.7 Å². The predicted molar refractivity (Wildman–Crippen MR) is 105 cm³/mol. The molecule has 5 nitrogen and oxygen atoms in total. The molecular formula is C21H18ClF2NO4. The fourth-order valence-electron chi connectivity index (χ4n) is 2.61. The van der Waals surface area contributed by atoms with Gasteiger partial charge in [0.25, 0.3) is 5.91 Å². The van der Waals surface area contributed by atoms with Gasteiger partial charge in [0, 0.05) is 5.02 Å². The molecule has 0 saturated heterocycles. The number of rotatable bonds is 7. The van der Waals surface area contributed by atoms with Gasteiger partial charge in [-0.15, -0.1) is 0 Å². The second-order valence-corrected chi connectivity index (χ2v) is 6.73. The van der Waals surface area contributed by atoms with Crippen LogP contribution in [0.15, 0.2) is 52.9 Å². The van der Waals surface area contributed by atoms with E-state index >= 15 is 0 Å². The van der Waals surface area contributed by atoms with Crippen LogP contribution in [0.3, 0.4) is 0 Å². The monoisotopic (exact) mass is 421 g/mol. The first-order valence-electron chi connectivity index (χ1n) is 8.66. The molecule has 0 fully saturated rings. The van der Waals surface area contributed by atoms with Crippen molar-refractivity contribution in [3.63, 3.8) is 0 Å². The third kappa shape index (κ3) is 5.48. The Morgan fingerprint density at radius 3 is 2.62 bits per heavy atom. The lowest BCUT2D eigenvalue weighted by molar-refractivity contribution is -0.0494. The minimum Gasteiger partial charge on any atom is -0.485 e. The van der Waals surface area contributed by atoms with Gasteiger partial charge in [-0.2, -0.15) is 8.78 Å². The summed E-state index contributed by atoms with van der Waals surface area (Å²) >= 11 is 5.92. The Bertz CT molecular complexity index is 1020. The van der Waals surface area contributed by atoms with Crippen LogP contribution in [-0.2, 0) is 6.61 Å². The van der Waals surface area contributed by atoms with Gasteiger partial charge in [-0.25, -0.2) is 0 Å². The van der Waals surface area contributed by atoms with Crippen molar-refractivity contribution in [3.05, 3.63) is 76.2 Å². The zero-order valence-electron chi connectivity index (χ0n) is 15.7. The maximum atomic E-state index is 12.6. The van der Waals surface area contributed by atoms with Gasteiger partial charge in [0.15, 0.2) is 5.76 Å². The third-order valence-corrected chi connectivity index (χ3v) is 4.23. The average Bonchev–Trinajstić information content (AvgIpc) is 3.12. The highest BCUT2D eigenvalue weighted by atomic mass is 35.5. The molecule has 0 bridgehead atoms. The van der Waals surface area contributed by atoms with Crippen LogP contribution in [0.1, 0.15) is 27.4 Å². The highest BCUT2D eigenvalue weighted by molar-refractivity contribution is 6.30. The van der Waals surface area contributed by atoms with E-state index in [4.69, 9.17) is 20.8 Å². The first-order valence-corrected chi connectivity index (χ1v) is 9.04. The van der Waals surface area contributed by atoms with E-state index in [1.54, 1.807) is 37.3 Å². The first-order chi connectivity index (χ1) is 13.8. The Kier molecular flexibility index (Phi) is 6.39. The average molecular weight is 422 g/mol. The van der Waals surface area contributed by atoms with E-state index in [1.807, 2.05) is 6.92 Å². The van der Waals surface area contributed by atoms with Crippen molar-refractivity contribution >= 4 is 23.2 Å². The highest BCUT2D eigenvalue weighted by Gasteiger charge is 2.16. The van der Waals surface area contributed by atoms with Crippen LogP contribution in [0, 0.1) is 13.8 Å². The highest BCUT2D eigenvalue weighted by Crippen LogP contribution is 2.28. The maximum Gasteiger partial charge on any atom is 0.387 e. The van der Waals surface area contributed by atoms with Crippen LogP contribution in [0.4, 0.5) is 14.5 Å². The standard InChI is InChI=1S/C21H18ClF2NO4/c1-12-3-6-16(19(9-12)29-21(23)24)25-20(26)18-8-5-15(28-18)11-27-17-7-4-14(22)10-13(17)2/h3-10,21H,11H2,1-2H3,(H,25,26). The number of benzene rings is 2. The molecule has 1 amide bonds. The van der Waals surface area contributed by atoms with E-state index in [2.05, 4.69) is 10.1 Å². The predicted octanol–water partition coefficient (Wildman–Crippen LogP) is 5.98. The van der Waals surface area contributed by atoms with Gasteiger partial charge in [-0.3, -0.25) is 4.79 Å². The Labute approximate surface area is 171 Å². The Morgan fingerprint density at radius 2 is 1.90 bits per heavy atom. The zero-order chi connectivity index (χ0) is 21.0. The molecule has 0 unspecified atom stereocenters. The lowest BCUT2D eigenvalue weighted by atomic mass is 10.2. The number of aryl methyl sites for hydroxylation is 2. The second-order valence-electron chi connectivity index (χ2n) is 6.30. The molecule has 0 aliphatic heterocycles. The fourth-order valence-corrected chi connectivity index (χ4v) is 2.84. The SMILES string of the molecule is Cc1ccc(NC(=O)c2ccc(COc3ccc(Cl)cc3C)o2)c(OC(F)F)c1. The first kappa shape index (κ1) is 20.7. The molecule has 0 saturated carbocycles. The molecule has 0 spiro atoms. The molecule has 3 rings (SSSR count). The van der Waals surface area contributed by atoms with Crippen LogP contribution >= 0.6 is 11.6 Å². The Morgan fingerprint density at radius 1 is 1.10 bits per heavy atom. The number of amides is 1. The van der Waals surface area contributed by atoms with Crippen molar-refractivity contribution in [2.45, 2.75) is 27.1 Å². The summed E-state index contributed by atoms with van der Waals surface area (Å²) in [6.45, 7) is 0.699. The summed E-state index contributed by atoms with van der Waals surface area (Å²) in [5.74, 6) is 0.367. The van der Waals surface area contributed by atoms with E-state index in [-0.39, 0.29) is 23.8 Å². The lowest BCUT2D eigenvalue weighted by Gasteiger charge is -2.12. The van der Waals surface area contributed by atoms with Crippen LogP contribution < -0.4 is 14.8 Å². The van der Waals surface area contributed by atoms with Crippen LogP contribution in [0.2, 0.25) is 5.02 Å². The van der Waals surface area contributed by atoms with Crippen molar-refractivity contribution < 1.29 is 27.5 Å². The van der Waals surface area contributed by atoms with Gasteiger partial charge in [0.05, 0.1) is 5.69 Å². The summed E-state index contributed by atoms with van der Waals surface area (Å²) in [6.07, 6.45) is 0. The minimum absolute atomic E-state index is 0.0139. The van der Waals surface area contributed by atoms with Gasteiger partial charge in [0.1, 0.15) is 23.9 Å². The number of furan rings is 1. The number of anilines is 1. The molecule has 0 atom stereocenters. The number of carbonyl (C=O) groups is 1. The molecule has 8 heteroatoms. The van der Waals surface area contributed by atoms with E-state index < -0.39 is 12.5 Å². The fraction of sp³-hybridized carbons (Fsp3) is 0.190. The summed E-state index contributed by atoms with van der Waals surface area (Å²) in [7, 11) is 0. The molecule has 1 N–H and O–H groups in total. The van der Waals surface area contributed by atoms with Crippen LogP contribution in [0.5, 0.6) is 11.5 Å². The summed E-state index contributed by atoms with van der Waals surface area (Å²) in [4.78, 5) is 12.4. The molecule has 3 aromatic rings. The molecule has 0 aliphatic carbocycles. The van der Waals surface area contributed by atoms with Gasteiger partial charge >= 0.3 is 6.61 Å². The second kappa shape index (κ2) is 8.96. The van der Waals surface area contributed by atoms with Crippen molar-refractivity contribution in [3.8, 4) is 11.5 Å². The van der Waals surface area contributed by atoms with Crippen molar-refractivity contribution in [1.29, 1.82) is 0 Å². The molecular weight excluding hydrogens is 404 g/mol. The minimum atomic E-state index is -3.00.